The maximum Gasteiger partial charge on any atom is 0.254 e. The monoisotopic (exact) mass is 319 g/mol. The second kappa shape index (κ2) is 6.86. The zero-order valence-electron chi connectivity index (χ0n) is 13.8. The van der Waals surface area contributed by atoms with Crippen molar-refractivity contribution in [2.24, 2.45) is 0 Å². The van der Waals surface area contributed by atoms with Crippen LogP contribution in [0.4, 0.5) is 5.69 Å². The number of amides is 1. The van der Waals surface area contributed by atoms with Gasteiger partial charge in [0.2, 0.25) is 0 Å². The van der Waals surface area contributed by atoms with Gasteiger partial charge in [0.15, 0.2) is 0 Å². The first-order valence-electron chi connectivity index (χ1n) is 8.12. The fraction of sp³-hybridized carbons (Fsp3) is 0.588. The second-order valence-electron chi connectivity index (χ2n) is 6.46. The van der Waals surface area contributed by atoms with E-state index in [4.69, 9.17) is 9.47 Å². The van der Waals surface area contributed by atoms with E-state index in [0.29, 0.717) is 6.54 Å². The number of carbonyl (C=O) groups excluding carboxylic acids is 1. The van der Waals surface area contributed by atoms with Crippen LogP contribution in [0.3, 0.4) is 0 Å². The van der Waals surface area contributed by atoms with Gasteiger partial charge in [0.25, 0.3) is 5.91 Å². The molecule has 0 unspecified atom stereocenters. The summed E-state index contributed by atoms with van der Waals surface area (Å²) in [5.41, 5.74) is 0.528. The third-order valence-electron chi connectivity index (χ3n) is 4.57. The quantitative estimate of drug-likeness (QED) is 0.873. The molecule has 0 aliphatic carbocycles. The molecule has 2 saturated heterocycles. The lowest BCUT2D eigenvalue weighted by atomic mass is 9.89. The molecule has 6 heteroatoms. The number of hydrogen-bond acceptors (Lipinski definition) is 5. The van der Waals surface area contributed by atoms with Crippen molar-refractivity contribution in [1.82, 2.24) is 10.2 Å². The lowest BCUT2D eigenvalue weighted by Gasteiger charge is -2.46. The van der Waals surface area contributed by atoms with Crippen molar-refractivity contribution < 1.29 is 14.3 Å². The van der Waals surface area contributed by atoms with Crippen LogP contribution >= 0.6 is 0 Å². The molecule has 1 aromatic rings. The summed E-state index contributed by atoms with van der Waals surface area (Å²) in [6.45, 7) is 3.39. The molecule has 126 valence electrons. The molecular formula is C17H25N3O3. The summed E-state index contributed by atoms with van der Waals surface area (Å²) in [6.07, 6.45) is 1.44. The van der Waals surface area contributed by atoms with Crippen LogP contribution in [0.25, 0.3) is 0 Å². The predicted molar refractivity (Wildman–Crippen MR) is 88.8 cm³/mol. The standard InChI is InChI=1S/C17H25N3O3/c1-20-11-15(23-17(12-20)6-8-18-9-7-17)16(21)19-13-4-3-5-14(10-13)22-2/h3-5,10,15,18H,6-9,11-12H2,1-2H3,(H,19,21)/t15-/m1/s1. The summed E-state index contributed by atoms with van der Waals surface area (Å²) < 4.78 is 11.4. The van der Waals surface area contributed by atoms with Crippen LogP contribution < -0.4 is 15.4 Å². The zero-order chi connectivity index (χ0) is 16.3. The van der Waals surface area contributed by atoms with Crippen LogP contribution in [0.15, 0.2) is 24.3 Å². The van der Waals surface area contributed by atoms with Crippen molar-refractivity contribution in [3.63, 3.8) is 0 Å². The molecule has 2 aliphatic heterocycles. The number of anilines is 1. The van der Waals surface area contributed by atoms with Gasteiger partial charge in [-0.05, 0) is 45.1 Å². The fourth-order valence-electron chi connectivity index (χ4n) is 3.43. The number of nitrogens with one attached hydrogen (secondary N) is 2. The van der Waals surface area contributed by atoms with Crippen LogP contribution in [-0.4, -0.2) is 62.8 Å². The van der Waals surface area contributed by atoms with Gasteiger partial charge in [-0.2, -0.15) is 0 Å². The largest absolute Gasteiger partial charge is 0.497 e. The molecule has 1 spiro atoms. The van der Waals surface area contributed by atoms with Crippen molar-refractivity contribution in [2.75, 3.05) is 45.7 Å². The number of methoxy groups -OCH3 is 1. The highest BCUT2D eigenvalue weighted by atomic mass is 16.5. The van der Waals surface area contributed by atoms with E-state index in [1.807, 2.05) is 24.3 Å². The number of benzene rings is 1. The normalized spacial score (nSPS) is 24.3. The van der Waals surface area contributed by atoms with Gasteiger partial charge in [0, 0.05) is 24.8 Å². The maximum absolute atomic E-state index is 12.6. The second-order valence-corrected chi connectivity index (χ2v) is 6.46. The maximum atomic E-state index is 12.6. The van der Waals surface area contributed by atoms with Gasteiger partial charge in [-0.15, -0.1) is 0 Å². The third kappa shape index (κ3) is 3.83. The Morgan fingerprint density at radius 2 is 2.22 bits per heavy atom. The average Bonchev–Trinajstić information content (AvgIpc) is 2.55. The molecule has 0 aromatic heterocycles. The average molecular weight is 319 g/mol. The van der Waals surface area contributed by atoms with Crippen molar-refractivity contribution in [3.8, 4) is 5.75 Å². The van der Waals surface area contributed by atoms with E-state index in [2.05, 4.69) is 22.6 Å². The molecule has 0 saturated carbocycles. The van der Waals surface area contributed by atoms with Gasteiger partial charge in [-0.1, -0.05) is 6.07 Å². The summed E-state index contributed by atoms with van der Waals surface area (Å²) in [5.74, 6) is 0.627. The number of morpholine rings is 1. The number of hydrogen-bond donors (Lipinski definition) is 2. The van der Waals surface area contributed by atoms with E-state index in [9.17, 15) is 4.79 Å². The van der Waals surface area contributed by atoms with Gasteiger partial charge >= 0.3 is 0 Å². The van der Waals surface area contributed by atoms with E-state index in [0.717, 1.165) is 43.9 Å². The molecule has 3 rings (SSSR count). The SMILES string of the molecule is COc1cccc(NC(=O)[C@H]2CN(C)CC3(CCNCC3)O2)c1. The Morgan fingerprint density at radius 1 is 1.43 bits per heavy atom. The van der Waals surface area contributed by atoms with E-state index in [1.54, 1.807) is 7.11 Å². The van der Waals surface area contributed by atoms with Gasteiger partial charge < -0.3 is 25.0 Å². The van der Waals surface area contributed by atoms with Gasteiger partial charge in [-0.25, -0.2) is 0 Å². The van der Waals surface area contributed by atoms with Gasteiger partial charge in [0.1, 0.15) is 11.9 Å². The molecule has 0 radical (unpaired) electrons. The first kappa shape index (κ1) is 16.2. The van der Waals surface area contributed by atoms with E-state index < -0.39 is 6.10 Å². The minimum Gasteiger partial charge on any atom is -0.497 e. The van der Waals surface area contributed by atoms with E-state index in [1.165, 1.54) is 0 Å². The van der Waals surface area contributed by atoms with E-state index in [-0.39, 0.29) is 11.5 Å². The van der Waals surface area contributed by atoms with Crippen molar-refractivity contribution in [1.29, 1.82) is 0 Å². The molecule has 2 heterocycles. The molecule has 2 N–H and O–H groups in total. The Kier molecular flexibility index (Phi) is 4.84. The molecular weight excluding hydrogens is 294 g/mol. The topological polar surface area (TPSA) is 62.8 Å². The van der Waals surface area contributed by atoms with Crippen molar-refractivity contribution in [3.05, 3.63) is 24.3 Å². The number of piperidine rings is 1. The summed E-state index contributed by atoms with van der Waals surface area (Å²) in [6, 6.07) is 7.37. The van der Waals surface area contributed by atoms with Crippen LogP contribution in [-0.2, 0) is 9.53 Å². The Labute approximate surface area is 137 Å². The molecule has 23 heavy (non-hydrogen) atoms. The Bertz CT molecular complexity index is 558. The Morgan fingerprint density at radius 3 is 2.96 bits per heavy atom. The smallest absolute Gasteiger partial charge is 0.254 e. The minimum absolute atomic E-state index is 0.0947. The molecule has 6 nitrogen and oxygen atoms in total. The molecule has 0 bridgehead atoms. The van der Waals surface area contributed by atoms with Gasteiger partial charge in [-0.3, -0.25) is 4.79 Å². The summed E-state index contributed by atoms with van der Waals surface area (Å²) in [7, 11) is 3.67. The summed E-state index contributed by atoms with van der Waals surface area (Å²) in [4.78, 5) is 14.8. The summed E-state index contributed by atoms with van der Waals surface area (Å²) in [5, 5.41) is 6.30. The predicted octanol–water partition coefficient (Wildman–Crippen LogP) is 1.09. The molecule has 2 aliphatic rings. The van der Waals surface area contributed by atoms with Crippen molar-refractivity contribution >= 4 is 11.6 Å². The Hall–Kier alpha value is -1.63. The number of carbonyl (C=O) groups is 1. The van der Waals surface area contributed by atoms with Crippen LogP contribution in [0, 0.1) is 0 Å². The number of likely N-dealkylation sites (N-methyl/N-ethyl adjacent to an activating group) is 1. The zero-order valence-corrected chi connectivity index (χ0v) is 13.8. The third-order valence-corrected chi connectivity index (χ3v) is 4.57. The van der Waals surface area contributed by atoms with Crippen molar-refractivity contribution in [2.45, 2.75) is 24.5 Å². The fourth-order valence-corrected chi connectivity index (χ4v) is 3.43. The lowest BCUT2D eigenvalue weighted by molar-refractivity contribution is -0.172. The van der Waals surface area contributed by atoms with E-state index >= 15 is 0 Å². The first-order chi connectivity index (χ1) is 11.1. The lowest BCUT2D eigenvalue weighted by Crippen LogP contribution is -2.60. The highest BCUT2D eigenvalue weighted by Crippen LogP contribution is 2.30. The number of ether oxygens (including phenoxy) is 2. The number of rotatable bonds is 3. The molecule has 1 atom stereocenters. The Balaban J connectivity index is 1.68. The molecule has 1 aromatic carbocycles. The highest BCUT2D eigenvalue weighted by Gasteiger charge is 2.42. The molecule has 2 fully saturated rings. The summed E-state index contributed by atoms with van der Waals surface area (Å²) >= 11 is 0. The number of nitrogens with zero attached hydrogens (tertiary/aromatic N) is 1. The van der Waals surface area contributed by atoms with Gasteiger partial charge in [0.05, 0.1) is 12.7 Å². The van der Waals surface area contributed by atoms with Crippen LogP contribution in [0.5, 0.6) is 5.75 Å². The van der Waals surface area contributed by atoms with Crippen LogP contribution in [0.1, 0.15) is 12.8 Å². The molecule has 1 amide bonds. The first-order valence-corrected chi connectivity index (χ1v) is 8.12. The van der Waals surface area contributed by atoms with Crippen LogP contribution in [0.2, 0.25) is 0 Å². The minimum atomic E-state index is -0.446. The highest BCUT2D eigenvalue weighted by molar-refractivity contribution is 5.94.